The van der Waals surface area contributed by atoms with E-state index in [0.717, 1.165) is 47.5 Å². The van der Waals surface area contributed by atoms with Crippen molar-refractivity contribution < 1.29 is 5.11 Å². The van der Waals surface area contributed by atoms with Crippen LogP contribution in [0.1, 0.15) is 12.8 Å². The van der Waals surface area contributed by atoms with E-state index in [9.17, 15) is 5.11 Å². The Kier molecular flexibility index (Phi) is 2.64. The zero-order valence-electron chi connectivity index (χ0n) is 9.47. The lowest BCUT2D eigenvalue weighted by atomic mass is 10.1. The second-order valence-electron chi connectivity index (χ2n) is 4.42. The van der Waals surface area contributed by atoms with Crippen LogP contribution in [0.15, 0.2) is 17.6 Å². The average Bonchev–Trinajstić information content (AvgIpc) is 2.80. The van der Waals surface area contributed by atoms with Gasteiger partial charge in [0.1, 0.15) is 5.52 Å². The summed E-state index contributed by atoms with van der Waals surface area (Å²) in [6, 6.07) is 4.14. The number of aliphatic hydroxyl groups is 1. The van der Waals surface area contributed by atoms with Crippen molar-refractivity contribution in [2.45, 2.75) is 18.9 Å². The van der Waals surface area contributed by atoms with Crippen molar-refractivity contribution in [3.8, 4) is 0 Å². The topological polar surface area (TPSA) is 62.4 Å². The number of thiazole rings is 1. The Labute approximate surface area is 104 Å². The third-order valence-corrected chi connectivity index (χ3v) is 4.12. The van der Waals surface area contributed by atoms with Gasteiger partial charge < -0.3 is 15.7 Å². The van der Waals surface area contributed by atoms with Gasteiger partial charge >= 0.3 is 0 Å². The van der Waals surface area contributed by atoms with E-state index in [0.29, 0.717) is 0 Å². The molecule has 0 aliphatic carbocycles. The molecule has 0 spiro atoms. The molecule has 3 rings (SSSR count). The normalized spacial score (nSPS) is 17.8. The summed E-state index contributed by atoms with van der Waals surface area (Å²) in [5.74, 6) is 0. The molecule has 0 bridgehead atoms. The molecule has 1 aromatic carbocycles. The fourth-order valence-corrected chi connectivity index (χ4v) is 3.02. The Bertz CT molecular complexity index is 532. The highest BCUT2D eigenvalue weighted by Crippen LogP contribution is 2.33. The quantitative estimate of drug-likeness (QED) is 0.757. The largest absolute Gasteiger partial charge is 0.395 e. The van der Waals surface area contributed by atoms with Gasteiger partial charge in [-0.3, -0.25) is 0 Å². The predicted octanol–water partition coefficient (Wildman–Crippen LogP) is 1.84. The summed E-state index contributed by atoms with van der Waals surface area (Å²) in [7, 11) is 0. The molecule has 5 heteroatoms. The molecule has 17 heavy (non-hydrogen) atoms. The van der Waals surface area contributed by atoms with Crippen LogP contribution in [0, 0.1) is 0 Å². The Hall–Kier alpha value is -1.33. The van der Waals surface area contributed by atoms with Gasteiger partial charge in [-0.05, 0) is 25.0 Å². The summed E-state index contributed by atoms with van der Waals surface area (Å²) in [5, 5.41) is 9.51. The number of nitrogens with two attached hydrogens (primary N) is 1. The molecule has 1 fully saturated rings. The van der Waals surface area contributed by atoms with Crippen LogP contribution in [0.3, 0.4) is 0 Å². The van der Waals surface area contributed by atoms with Crippen molar-refractivity contribution in [3.05, 3.63) is 17.6 Å². The van der Waals surface area contributed by atoms with E-state index in [1.807, 2.05) is 5.51 Å². The first-order chi connectivity index (χ1) is 8.25. The highest BCUT2D eigenvalue weighted by molar-refractivity contribution is 7.16. The molecule has 0 radical (unpaired) electrons. The van der Waals surface area contributed by atoms with Crippen LogP contribution in [0.25, 0.3) is 10.2 Å². The van der Waals surface area contributed by atoms with Gasteiger partial charge in [-0.15, -0.1) is 11.3 Å². The van der Waals surface area contributed by atoms with Crippen LogP contribution in [-0.2, 0) is 0 Å². The lowest BCUT2D eigenvalue weighted by molar-refractivity contribution is 0.145. The summed E-state index contributed by atoms with van der Waals surface area (Å²) < 4.78 is 1.13. The molecule has 1 aromatic heterocycles. The van der Waals surface area contributed by atoms with Crippen LogP contribution in [0.2, 0.25) is 0 Å². The second kappa shape index (κ2) is 4.16. The molecule has 90 valence electrons. The van der Waals surface area contributed by atoms with Gasteiger partial charge in [-0.25, -0.2) is 4.98 Å². The van der Waals surface area contributed by atoms with Gasteiger partial charge in [-0.1, -0.05) is 0 Å². The molecule has 0 atom stereocenters. The Morgan fingerprint density at radius 3 is 2.88 bits per heavy atom. The number of anilines is 2. The Morgan fingerprint density at radius 2 is 2.12 bits per heavy atom. The molecular weight excluding hydrogens is 234 g/mol. The van der Waals surface area contributed by atoms with Gasteiger partial charge in [0.2, 0.25) is 0 Å². The molecule has 0 unspecified atom stereocenters. The van der Waals surface area contributed by atoms with Crippen molar-refractivity contribution in [1.29, 1.82) is 0 Å². The van der Waals surface area contributed by atoms with Crippen molar-refractivity contribution in [3.63, 3.8) is 0 Å². The Balaban J connectivity index is 1.97. The molecule has 2 aromatic rings. The monoisotopic (exact) mass is 249 g/mol. The average molecular weight is 249 g/mol. The summed E-state index contributed by atoms with van der Waals surface area (Å²) in [6.07, 6.45) is 1.47. The van der Waals surface area contributed by atoms with Crippen LogP contribution >= 0.6 is 11.3 Å². The minimum atomic E-state index is -0.157. The predicted molar refractivity (Wildman–Crippen MR) is 71.5 cm³/mol. The number of rotatable bonds is 1. The maximum atomic E-state index is 9.51. The molecule has 1 aliphatic heterocycles. The third-order valence-electron chi connectivity index (χ3n) is 3.32. The number of nitrogens with zero attached hydrogens (tertiary/aromatic N) is 2. The third kappa shape index (κ3) is 1.85. The Morgan fingerprint density at radius 1 is 1.35 bits per heavy atom. The lowest BCUT2D eigenvalue weighted by Crippen LogP contribution is -2.36. The highest BCUT2D eigenvalue weighted by atomic mass is 32.1. The van der Waals surface area contributed by atoms with Gasteiger partial charge in [0, 0.05) is 13.1 Å². The molecule has 0 saturated carbocycles. The summed E-state index contributed by atoms with van der Waals surface area (Å²) >= 11 is 1.61. The van der Waals surface area contributed by atoms with E-state index in [4.69, 9.17) is 5.73 Å². The summed E-state index contributed by atoms with van der Waals surface area (Å²) in [6.45, 7) is 1.72. The number of fused-ring (bicyclic) bond motifs is 1. The fraction of sp³-hybridized carbons (Fsp3) is 0.417. The van der Waals surface area contributed by atoms with E-state index in [2.05, 4.69) is 22.0 Å². The zero-order valence-corrected chi connectivity index (χ0v) is 10.3. The van der Waals surface area contributed by atoms with Crippen molar-refractivity contribution in [2.24, 2.45) is 0 Å². The van der Waals surface area contributed by atoms with Crippen LogP contribution in [0.4, 0.5) is 11.4 Å². The van der Waals surface area contributed by atoms with Gasteiger partial charge in [0.05, 0.1) is 27.7 Å². The first-order valence-electron chi connectivity index (χ1n) is 5.80. The van der Waals surface area contributed by atoms with E-state index in [1.165, 1.54) is 0 Å². The number of piperidine rings is 1. The summed E-state index contributed by atoms with van der Waals surface area (Å²) in [5.41, 5.74) is 10.7. The maximum absolute atomic E-state index is 9.51. The molecule has 0 amide bonds. The van der Waals surface area contributed by atoms with E-state index < -0.39 is 0 Å². The van der Waals surface area contributed by atoms with E-state index in [1.54, 1.807) is 11.3 Å². The highest BCUT2D eigenvalue weighted by Gasteiger charge is 2.19. The molecule has 1 aliphatic rings. The molecule has 3 N–H and O–H groups in total. The first kappa shape index (κ1) is 10.8. The minimum absolute atomic E-state index is 0.157. The number of hydrogen-bond acceptors (Lipinski definition) is 5. The number of aromatic nitrogens is 1. The molecule has 1 saturated heterocycles. The first-order valence-corrected chi connectivity index (χ1v) is 6.68. The summed E-state index contributed by atoms with van der Waals surface area (Å²) in [4.78, 5) is 6.54. The lowest BCUT2D eigenvalue weighted by Gasteiger charge is -2.32. The second-order valence-corrected chi connectivity index (χ2v) is 5.30. The van der Waals surface area contributed by atoms with Crippen molar-refractivity contribution in [1.82, 2.24) is 4.98 Å². The standard InChI is InChI=1S/C12H15N3OS/c13-11-9(15-5-3-8(16)4-6-15)1-2-10-12(11)14-7-17-10/h1-2,7-8,16H,3-6,13H2. The van der Waals surface area contributed by atoms with E-state index >= 15 is 0 Å². The molecular formula is C12H15N3OS. The minimum Gasteiger partial charge on any atom is -0.395 e. The van der Waals surface area contributed by atoms with Crippen LogP contribution in [0.5, 0.6) is 0 Å². The smallest absolute Gasteiger partial charge is 0.106 e. The van der Waals surface area contributed by atoms with Gasteiger partial charge in [0.15, 0.2) is 0 Å². The van der Waals surface area contributed by atoms with Crippen LogP contribution in [-0.4, -0.2) is 29.3 Å². The van der Waals surface area contributed by atoms with Crippen LogP contribution < -0.4 is 10.6 Å². The number of hydrogen-bond donors (Lipinski definition) is 2. The number of nitrogen functional groups attached to an aromatic ring is 1. The van der Waals surface area contributed by atoms with Gasteiger partial charge in [0.25, 0.3) is 0 Å². The SMILES string of the molecule is Nc1c(N2CCC(O)CC2)ccc2scnc12. The molecule has 4 nitrogen and oxygen atoms in total. The number of benzene rings is 1. The fourth-order valence-electron chi connectivity index (χ4n) is 2.32. The van der Waals surface area contributed by atoms with Crippen molar-refractivity contribution in [2.75, 3.05) is 23.7 Å². The van der Waals surface area contributed by atoms with E-state index in [-0.39, 0.29) is 6.10 Å². The van der Waals surface area contributed by atoms with Gasteiger partial charge in [-0.2, -0.15) is 0 Å². The maximum Gasteiger partial charge on any atom is 0.106 e. The zero-order chi connectivity index (χ0) is 11.8. The number of aliphatic hydroxyl groups excluding tert-OH is 1. The molecule has 2 heterocycles. The van der Waals surface area contributed by atoms with Crippen molar-refractivity contribution >= 4 is 32.9 Å².